The van der Waals surface area contributed by atoms with Crippen LogP contribution in [-0.4, -0.2) is 48.4 Å². The third-order valence-electron chi connectivity index (χ3n) is 5.71. The van der Waals surface area contributed by atoms with Gasteiger partial charge in [0.15, 0.2) is 15.3 Å². The fourth-order valence-corrected chi connectivity index (χ4v) is 7.69. The number of hydrogen-bond donors (Lipinski definition) is 3. The summed E-state index contributed by atoms with van der Waals surface area (Å²) in [6, 6.07) is 6.58. The minimum Gasteiger partial charge on any atom is -0.480 e. The van der Waals surface area contributed by atoms with E-state index >= 15 is 0 Å². The van der Waals surface area contributed by atoms with E-state index in [-0.39, 0.29) is 4.90 Å². The number of carbonyl (C=O) groups is 2. The third-order valence-corrected chi connectivity index (χ3v) is 9.73. The Morgan fingerprint density at radius 1 is 1.20 bits per heavy atom. The number of aliphatic carboxylic acids is 1. The zero-order valence-electron chi connectivity index (χ0n) is 18.4. The summed E-state index contributed by atoms with van der Waals surface area (Å²) < 4.78 is 25.6. The Balaban J connectivity index is 2.42. The second kappa shape index (κ2) is 8.88. The molecule has 3 atom stereocenters. The van der Waals surface area contributed by atoms with Gasteiger partial charge in [0, 0.05) is 12.3 Å². The smallest absolute Gasteiger partial charge is 0.320 e. The normalized spacial score (nSPS) is 22.4. The predicted octanol–water partition coefficient (Wildman–Crippen LogP) is 2.65. The van der Waals surface area contributed by atoms with Crippen LogP contribution in [0.15, 0.2) is 29.2 Å². The summed E-state index contributed by atoms with van der Waals surface area (Å²) in [6.45, 7) is 10.9. The van der Waals surface area contributed by atoms with Crippen molar-refractivity contribution >= 4 is 33.5 Å². The van der Waals surface area contributed by atoms with Gasteiger partial charge in [0.1, 0.15) is 10.7 Å². The van der Waals surface area contributed by atoms with Crippen molar-refractivity contribution < 1.29 is 23.1 Å². The quantitative estimate of drug-likeness (QED) is 0.564. The van der Waals surface area contributed by atoms with Gasteiger partial charge in [-0.2, -0.15) is 0 Å². The van der Waals surface area contributed by atoms with Gasteiger partial charge in [0.05, 0.1) is 4.90 Å². The lowest BCUT2D eigenvalue weighted by molar-refractivity contribution is -0.169. The average molecular weight is 457 g/mol. The zero-order chi connectivity index (χ0) is 22.9. The molecule has 1 fully saturated rings. The molecule has 168 valence electrons. The molecule has 3 N–H and O–H groups in total. The SMILES string of the molecule is Cc1ccc(S(=O)(=O)C2SCCNC2NC(=O)C(C(=O)O)(C(C)C)C(C)(C)C)cc1. The maximum atomic E-state index is 13.4. The van der Waals surface area contributed by atoms with Crippen LogP contribution in [0.1, 0.15) is 40.2 Å². The number of thioether (sulfide) groups is 1. The lowest BCUT2D eigenvalue weighted by Gasteiger charge is -2.44. The van der Waals surface area contributed by atoms with Crippen LogP contribution < -0.4 is 10.6 Å². The highest BCUT2D eigenvalue weighted by atomic mass is 32.3. The molecule has 1 aromatic carbocycles. The first-order chi connectivity index (χ1) is 13.8. The lowest BCUT2D eigenvalue weighted by Crippen LogP contribution is -2.64. The van der Waals surface area contributed by atoms with E-state index in [9.17, 15) is 23.1 Å². The van der Waals surface area contributed by atoms with E-state index in [1.165, 1.54) is 11.8 Å². The summed E-state index contributed by atoms with van der Waals surface area (Å²) in [5.74, 6) is -1.83. The molecule has 0 aliphatic carbocycles. The van der Waals surface area contributed by atoms with Crippen molar-refractivity contribution in [3.8, 4) is 0 Å². The van der Waals surface area contributed by atoms with Crippen LogP contribution in [0.2, 0.25) is 0 Å². The number of rotatable bonds is 6. The highest BCUT2D eigenvalue weighted by molar-refractivity contribution is 8.13. The number of amides is 1. The number of hydrogen-bond acceptors (Lipinski definition) is 6. The fourth-order valence-electron chi connectivity index (χ4n) is 4.22. The van der Waals surface area contributed by atoms with Crippen molar-refractivity contribution in [1.82, 2.24) is 10.6 Å². The topological polar surface area (TPSA) is 113 Å². The molecule has 2 rings (SSSR count). The molecule has 1 amide bonds. The van der Waals surface area contributed by atoms with Crippen LogP contribution in [0.5, 0.6) is 0 Å². The number of carboxylic acids is 1. The highest BCUT2D eigenvalue weighted by Crippen LogP contribution is 2.45. The third kappa shape index (κ3) is 4.38. The molecule has 0 saturated carbocycles. The fraction of sp³-hybridized carbons (Fsp3) is 0.619. The summed E-state index contributed by atoms with van der Waals surface area (Å²) in [4.78, 5) is 25.9. The molecule has 1 aliphatic rings. The standard InChI is InChI=1S/C21H32N2O5S2/c1-13(2)21(19(25)26,20(4,5)6)18(24)23-16-17(29-12-11-22-16)30(27,28)15-9-7-14(3)8-10-15/h7-10,13,16-17,22H,11-12H2,1-6H3,(H,23,24)(H,25,26). The van der Waals surface area contributed by atoms with Crippen LogP contribution >= 0.6 is 11.8 Å². The Labute approximate surface area is 183 Å². The first-order valence-corrected chi connectivity index (χ1v) is 12.6. The van der Waals surface area contributed by atoms with E-state index in [1.807, 2.05) is 6.92 Å². The van der Waals surface area contributed by atoms with E-state index in [0.717, 1.165) is 5.56 Å². The Morgan fingerprint density at radius 3 is 2.23 bits per heavy atom. The summed E-state index contributed by atoms with van der Waals surface area (Å²) in [6.07, 6.45) is -0.901. The van der Waals surface area contributed by atoms with Crippen LogP contribution in [0.3, 0.4) is 0 Å². The van der Waals surface area contributed by atoms with Crippen molar-refractivity contribution in [2.75, 3.05) is 12.3 Å². The van der Waals surface area contributed by atoms with E-state index in [0.29, 0.717) is 12.3 Å². The Hall–Kier alpha value is -1.58. The Kier molecular flexibility index (Phi) is 7.31. The van der Waals surface area contributed by atoms with Crippen LogP contribution in [-0.2, 0) is 19.4 Å². The van der Waals surface area contributed by atoms with Crippen LogP contribution in [0.25, 0.3) is 0 Å². The van der Waals surface area contributed by atoms with Gasteiger partial charge in [0.25, 0.3) is 0 Å². The largest absolute Gasteiger partial charge is 0.480 e. The monoisotopic (exact) mass is 456 g/mol. The molecule has 1 aliphatic heterocycles. The predicted molar refractivity (Wildman–Crippen MR) is 119 cm³/mol. The Bertz CT molecular complexity index is 891. The molecule has 0 radical (unpaired) electrons. The molecule has 7 nitrogen and oxygen atoms in total. The number of benzene rings is 1. The second-order valence-corrected chi connectivity index (χ2v) is 12.6. The minimum absolute atomic E-state index is 0.178. The van der Waals surface area contributed by atoms with Gasteiger partial charge in [-0.05, 0) is 30.4 Å². The lowest BCUT2D eigenvalue weighted by atomic mass is 9.59. The first-order valence-electron chi connectivity index (χ1n) is 9.96. The van der Waals surface area contributed by atoms with E-state index in [2.05, 4.69) is 10.6 Å². The van der Waals surface area contributed by atoms with Gasteiger partial charge in [-0.3, -0.25) is 14.9 Å². The summed E-state index contributed by atoms with van der Waals surface area (Å²) in [5, 5.41) is 15.9. The van der Waals surface area contributed by atoms with Crippen molar-refractivity contribution in [3.05, 3.63) is 29.8 Å². The molecular formula is C21H32N2O5S2. The van der Waals surface area contributed by atoms with Gasteiger partial charge >= 0.3 is 5.97 Å². The van der Waals surface area contributed by atoms with Gasteiger partial charge in [-0.1, -0.05) is 52.3 Å². The molecule has 3 unspecified atom stereocenters. The van der Waals surface area contributed by atoms with Crippen molar-refractivity contribution in [3.63, 3.8) is 0 Å². The first kappa shape index (κ1) is 24.7. The second-order valence-electron chi connectivity index (χ2n) is 9.02. The molecule has 1 saturated heterocycles. The molecule has 9 heteroatoms. The molecular weight excluding hydrogens is 424 g/mol. The molecule has 30 heavy (non-hydrogen) atoms. The van der Waals surface area contributed by atoms with Gasteiger partial charge in [-0.25, -0.2) is 8.42 Å². The van der Waals surface area contributed by atoms with Crippen LogP contribution in [0.4, 0.5) is 0 Å². The summed E-state index contributed by atoms with van der Waals surface area (Å²) >= 11 is 1.24. The maximum Gasteiger partial charge on any atom is 0.320 e. The van der Waals surface area contributed by atoms with Crippen molar-refractivity contribution in [1.29, 1.82) is 0 Å². The maximum absolute atomic E-state index is 13.4. The number of nitrogens with one attached hydrogen (secondary N) is 2. The molecule has 0 spiro atoms. The number of aryl methyl sites for hydroxylation is 1. The van der Waals surface area contributed by atoms with Gasteiger partial charge in [0.2, 0.25) is 5.91 Å². The zero-order valence-corrected chi connectivity index (χ0v) is 20.0. The molecule has 1 aromatic rings. The minimum atomic E-state index is -3.76. The number of carbonyl (C=O) groups excluding carboxylic acids is 1. The Morgan fingerprint density at radius 2 is 1.77 bits per heavy atom. The van der Waals surface area contributed by atoms with Crippen LogP contribution in [0, 0.1) is 23.7 Å². The molecule has 1 heterocycles. The highest BCUT2D eigenvalue weighted by Gasteiger charge is 2.58. The van der Waals surface area contributed by atoms with Crippen molar-refractivity contribution in [2.24, 2.45) is 16.7 Å². The van der Waals surface area contributed by atoms with E-state index in [1.54, 1.807) is 58.9 Å². The van der Waals surface area contributed by atoms with Gasteiger partial charge < -0.3 is 10.4 Å². The molecule has 0 bridgehead atoms. The summed E-state index contributed by atoms with van der Waals surface area (Å²) in [7, 11) is -3.76. The molecule has 0 aromatic heterocycles. The van der Waals surface area contributed by atoms with Crippen molar-refractivity contribution in [2.45, 2.75) is 57.2 Å². The average Bonchev–Trinajstić information content (AvgIpc) is 2.61. The van der Waals surface area contributed by atoms with Gasteiger partial charge in [-0.15, -0.1) is 11.8 Å². The number of carboxylic acid groups (broad SMARTS) is 1. The van der Waals surface area contributed by atoms with E-state index in [4.69, 9.17) is 0 Å². The number of sulfone groups is 1. The van der Waals surface area contributed by atoms with E-state index < -0.39 is 49.2 Å². The summed E-state index contributed by atoms with van der Waals surface area (Å²) in [5.41, 5.74) is -1.65.